The molecule has 2 N–H and O–H groups in total. The first-order chi connectivity index (χ1) is 9.92. The molecule has 0 aromatic heterocycles. The lowest BCUT2D eigenvalue weighted by Crippen LogP contribution is -2.00. The molecule has 110 valence electrons. The Morgan fingerprint density at radius 3 is 2.33 bits per heavy atom. The number of ether oxygens (including phenoxy) is 1. The summed E-state index contributed by atoms with van der Waals surface area (Å²) < 4.78 is 32.6. The SMILES string of the molecule is NCc1cc(F)c(Oc2ccc([N+](=O)[O-])cc2Cl)c(F)c1. The van der Waals surface area contributed by atoms with Gasteiger partial charge < -0.3 is 10.5 Å². The van der Waals surface area contributed by atoms with E-state index in [0.717, 1.165) is 30.3 Å². The molecule has 0 spiro atoms. The Hall–Kier alpha value is -2.25. The van der Waals surface area contributed by atoms with Crippen LogP contribution in [-0.2, 0) is 6.54 Å². The maximum absolute atomic E-state index is 13.8. The molecule has 21 heavy (non-hydrogen) atoms. The van der Waals surface area contributed by atoms with Gasteiger partial charge in [0, 0.05) is 18.7 Å². The number of nitrogens with two attached hydrogens (primary N) is 1. The Kier molecular flexibility index (Phi) is 4.35. The molecule has 0 aliphatic heterocycles. The maximum atomic E-state index is 13.8. The molecule has 0 aliphatic carbocycles. The van der Waals surface area contributed by atoms with Crippen LogP contribution in [0.15, 0.2) is 30.3 Å². The second-order valence-electron chi connectivity index (χ2n) is 4.07. The first-order valence-corrected chi connectivity index (χ1v) is 6.10. The van der Waals surface area contributed by atoms with E-state index in [9.17, 15) is 18.9 Å². The molecule has 0 aliphatic rings. The van der Waals surface area contributed by atoms with E-state index in [1.807, 2.05) is 0 Å². The van der Waals surface area contributed by atoms with Crippen LogP contribution in [0.2, 0.25) is 5.02 Å². The number of nitrogens with zero attached hydrogens (tertiary/aromatic N) is 1. The molecule has 2 rings (SSSR count). The lowest BCUT2D eigenvalue weighted by Gasteiger charge is -2.10. The molecule has 0 amide bonds. The summed E-state index contributed by atoms with van der Waals surface area (Å²) in [5.41, 5.74) is 5.31. The van der Waals surface area contributed by atoms with Crippen LogP contribution in [0.1, 0.15) is 5.56 Å². The normalized spacial score (nSPS) is 10.5. The van der Waals surface area contributed by atoms with Gasteiger partial charge in [0.25, 0.3) is 5.69 Å². The van der Waals surface area contributed by atoms with Crippen molar-refractivity contribution in [3.05, 3.63) is 62.7 Å². The highest BCUT2D eigenvalue weighted by atomic mass is 35.5. The number of nitro groups is 1. The lowest BCUT2D eigenvalue weighted by atomic mass is 10.2. The van der Waals surface area contributed by atoms with E-state index in [1.54, 1.807) is 0 Å². The number of nitro benzene ring substituents is 1. The number of hydrogen-bond acceptors (Lipinski definition) is 4. The minimum atomic E-state index is -0.940. The highest BCUT2D eigenvalue weighted by Gasteiger charge is 2.16. The summed E-state index contributed by atoms with van der Waals surface area (Å²) in [4.78, 5) is 9.93. The summed E-state index contributed by atoms with van der Waals surface area (Å²) in [6, 6.07) is 5.39. The molecule has 0 atom stereocenters. The quantitative estimate of drug-likeness (QED) is 0.688. The van der Waals surface area contributed by atoms with Crippen LogP contribution < -0.4 is 10.5 Å². The largest absolute Gasteiger partial charge is 0.450 e. The van der Waals surface area contributed by atoms with Crippen molar-refractivity contribution >= 4 is 17.3 Å². The Morgan fingerprint density at radius 2 is 1.86 bits per heavy atom. The second kappa shape index (κ2) is 6.02. The first kappa shape index (κ1) is 15.1. The van der Waals surface area contributed by atoms with Crippen molar-refractivity contribution in [3.8, 4) is 11.5 Å². The van der Waals surface area contributed by atoms with Crippen molar-refractivity contribution < 1.29 is 18.4 Å². The predicted octanol–water partition coefficient (Wildman–Crippen LogP) is 3.78. The van der Waals surface area contributed by atoms with Crippen molar-refractivity contribution in [2.45, 2.75) is 6.54 Å². The molecule has 2 aromatic carbocycles. The molecule has 0 unspecified atom stereocenters. The summed E-state index contributed by atoms with van der Waals surface area (Å²) in [5, 5.41) is 10.4. The minimum Gasteiger partial charge on any atom is -0.450 e. The van der Waals surface area contributed by atoms with Gasteiger partial charge >= 0.3 is 0 Å². The molecule has 8 heteroatoms. The summed E-state index contributed by atoms with van der Waals surface area (Å²) in [5.74, 6) is -2.63. The standard InChI is InChI=1S/C13H9ClF2N2O3/c14-9-5-8(18(19)20)1-2-12(9)21-13-10(15)3-7(6-17)4-11(13)16/h1-5H,6,17H2. The Labute approximate surface area is 123 Å². The monoisotopic (exact) mass is 314 g/mol. The molecular weight excluding hydrogens is 306 g/mol. The third-order valence-corrected chi connectivity index (χ3v) is 2.93. The summed E-state index contributed by atoms with van der Waals surface area (Å²) in [6.45, 7) is -0.0214. The zero-order chi connectivity index (χ0) is 15.6. The van der Waals surface area contributed by atoms with Gasteiger partial charge in [0.05, 0.1) is 9.95 Å². The molecule has 5 nitrogen and oxygen atoms in total. The van der Waals surface area contributed by atoms with Gasteiger partial charge in [0.15, 0.2) is 17.4 Å². The van der Waals surface area contributed by atoms with E-state index < -0.39 is 22.3 Å². The second-order valence-corrected chi connectivity index (χ2v) is 4.47. The van der Waals surface area contributed by atoms with Crippen LogP contribution in [0.25, 0.3) is 0 Å². The molecular formula is C13H9ClF2N2O3. The van der Waals surface area contributed by atoms with Gasteiger partial charge in [0.2, 0.25) is 0 Å². The van der Waals surface area contributed by atoms with Crippen LogP contribution >= 0.6 is 11.6 Å². The van der Waals surface area contributed by atoms with Crippen LogP contribution in [-0.4, -0.2) is 4.92 Å². The van der Waals surface area contributed by atoms with Crippen molar-refractivity contribution in [3.63, 3.8) is 0 Å². The van der Waals surface area contributed by atoms with Crippen molar-refractivity contribution in [1.82, 2.24) is 0 Å². The van der Waals surface area contributed by atoms with E-state index >= 15 is 0 Å². The van der Waals surface area contributed by atoms with E-state index in [0.29, 0.717) is 0 Å². The zero-order valence-corrected chi connectivity index (χ0v) is 11.2. The van der Waals surface area contributed by atoms with E-state index in [4.69, 9.17) is 22.1 Å². The maximum Gasteiger partial charge on any atom is 0.271 e. The Balaban J connectivity index is 2.37. The van der Waals surface area contributed by atoms with Gasteiger partial charge in [-0.2, -0.15) is 0 Å². The minimum absolute atomic E-state index is 0.0214. The topological polar surface area (TPSA) is 78.4 Å². The lowest BCUT2D eigenvalue weighted by molar-refractivity contribution is -0.384. The zero-order valence-electron chi connectivity index (χ0n) is 10.5. The fourth-order valence-electron chi connectivity index (χ4n) is 1.62. The molecule has 0 bridgehead atoms. The third kappa shape index (κ3) is 3.26. The first-order valence-electron chi connectivity index (χ1n) is 5.72. The van der Waals surface area contributed by atoms with Gasteiger partial charge in [-0.15, -0.1) is 0 Å². The third-order valence-electron chi connectivity index (χ3n) is 2.63. The van der Waals surface area contributed by atoms with Crippen LogP contribution in [0.4, 0.5) is 14.5 Å². The highest BCUT2D eigenvalue weighted by molar-refractivity contribution is 6.32. The predicted molar refractivity (Wildman–Crippen MR) is 72.4 cm³/mol. The molecule has 0 heterocycles. The van der Waals surface area contributed by atoms with Crippen LogP contribution in [0, 0.1) is 21.7 Å². The van der Waals surface area contributed by atoms with Gasteiger partial charge in [-0.1, -0.05) is 11.6 Å². The van der Waals surface area contributed by atoms with Crippen molar-refractivity contribution in [2.24, 2.45) is 5.73 Å². The van der Waals surface area contributed by atoms with E-state index in [-0.39, 0.29) is 28.6 Å². The van der Waals surface area contributed by atoms with E-state index in [1.165, 1.54) is 0 Å². The van der Waals surface area contributed by atoms with Crippen molar-refractivity contribution in [1.29, 1.82) is 0 Å². The average Bonchev–Trinajstić information content (AvgIpc) is 2.43. The van der Waals surface area contributed by atoms with Gasteiger partial charge in [-0.25, -0.2) is 8.78 Å². The molecule has 2 aromatic rings. The number of halogens is 3. The summed E-state index contributed by atoms with van der Waals surface area (Å²) in [6.07, 6.45) is 0. The fraction of sp³-hybridized carbons (Fsp3) is 0.0769. The molecule has 0 saturated carbocycles. The number of rotatable bonds is 4. The Morgan fingerprint density at radius 1 is 1.24 bits per heavy atom. The summed E-state index contributed by atoms with van der Waals surface area (Å²) in [7, 11) is 0. The molecule has 0 radical (unpaired) electrons. The highest BCUT2D eigenvalue weighted by Crippen LogP contribution is 2.35. The van der Waals surface area contributed by atoms with Crippen LogP contribution in [0.5, 0.6) is 11.5 Å². The van der Waals surface area contributed by atoms with Gasteiger partial charge in [0.1, 0.15) is 5.75 Å². The van der Waals surface area contributed by atoms with E-state index in [2.05, 4.69) is 0 Å². The van der Waals surface area contributed by atoms with Crippen LogP contribution in [0.3, 0.4) is 0 Å². The number of non-ortho nitro benzene ring substituents is 1. The van der Waals surface area contributed by atoms with Crippen molar-refractivity contribution in [2.75, 3.05) is 0 Å². The Bertz CT molecular complexity index is 687. The molecule has 0 fully saturated rings. The average molecular weight is 315 g/mol. The number of benzene rings is 2. The smallest absolute Gasteiger partial charge is 0.271 e. The molecule has 0 saturated heterocycles. The van der Waals surface area contributed by atoms with Gasteiger partial charge in [-0.3, -0.25) is 10.1 Å². The fourth-order valence-corrected chi connectivity index (χ4v) is 1.84. The number of hydrogen-bond donors (Lipinski definition) is 1. The van der Waals surface area contributed by atoms with Gasteiger partial charge in [-0.05, 0) is 23.8 Å². The summed E-state index contributed by atoms with van der Waals surface area (Å²) >= 11 is 5.79.